The number of carbonyl (C=O) groups excluding carboxylic acids is 1. The van der Waals surface area contributed by atoms with Crippen LogP contribution in [0.25, 0.3) is 11.1 Å². The van der Waals surface area contributed by atoms with Crippen LogP contribution in [-0.2, 0) is 28.8 Å². The van der Waals surface area contributed by atoms with Crippen molar-refractivity contribution in [2.45, 2.75) is 46.0 Å². The maximum Gasteiger partial charge on any atom is 0.333 e. The van der Waals surface area contributed by atoms with Crippen molar-refractivity contribution in [3.63, 3.8) is 0 Å². The molecule has 0 aliphatic carbocycles. The van der Waals surface area contributed by atoms with E-state index in [2.05, 4.69) is 56.0 Å². The lowest BCUT2D eigenvalue weighted by atomic mass is 9.93. The summed E-state index contributed by atoms with van der Waals surface area (Å²) in [5.74, 6) is -0.338. The molecule has 2 aromatic rings. The van der Waals surface area contributed by atoms with E-state index in [1.165, 1.54) is 22.3 Å². The highest BCUT2D eigenvalue weighted by Gasteiger charge is 2.09. The first kappa shape index (κ1) is 20.9. The molecular formula is C24H30O3. The molecule has 3 heteroatoms. The fourth-order valence-corrected chi connectivity index (χ4v) is 3.09. The van der Waals surface area contributed by atoms with E-state index in [4.69, 9.17) is 9.84 Å². The Balaban J connectivity index is 2.20. The molecule has 0 saturated heterocycles. The number of esters is 1. The number of hydrogen-bond acceptors (Lipinski definition) is 3. The summed E-state index contributed by atoms with van der Waals surface area (Å²) in [5, 5.41) is 8.98. The minimum atomic E-state index is -0.338. The van der Waals surface area contributed by atoms with E-state index >= 15 is 0 Å². The molecular weight excluding hydrogens is 336 g/mol. The lowest BCUT2D eigenvalue weighted by molar-refractivity contribution is -0.138. The van der Waals surface area contributed by atoms with Gasteiger partial charge in [0, 0.05) is 18.6 Å². The zero-order valence-corrected chi connectivity index (χ0v) is 16.5. The van der Waals surface area contributed by atoms with Gasteiger partial charge in [0.15, 0.2) is 0 Å². The van der Waals surface area contributed by atoms with Gasteiger partial charge in [0.1, 0.15) is 0 Å². The first-order valence-electron chi connectivity index (χ1n) is 9.69. The smallest absolute Gasteiger partial charge is 0.333 e. The monoisotopic (exact) mass is 366 g/mol. The highest BCUT2D eigenvalue weighted by atomic mass is 16.5. The standard InChI is InChI=1S/C24H30O3/c1-4-6-20-10-13-23(21-11-8-19(9-12-21)7-5-15-25)22(17-20)14-16-27-24(26)18(2)3/h8-13,17,25H,2,4-7,14-16H2,1,3H3. The van der Waals surface area contributed by atoms with Crippen LogP contribution in [0, 0.1) is 0 Å². The van der Waals surface area contributed by atoms with Crippen molar-refractivity contribution in [2.24, 2.45) is 0 Å². The van der Waals surface area contributed by atoms with Crippen LogP contribution in [0.5, 0.6) is 0 Å². The summed E-state index contributed by atoms with van der Waals surface area (Å²) in [4.78, 5) is 11.6. The van der Waals surface area contributed by atoms with Crippen LogP contribution in [0.2, 0.25) is 0 Å². The van der Waals surface area contributed by atoms with Crippen LogP contribution < -0.4 is 0 Å². The lowest BCUT2D eigenvalue weighted by Crippen LogP contribution is -2.08. The molecule has 0 saturated carbocycles. The van der Waals surface area contributed by atoms with Crippen LogP contribution >= 0.6 is 0 Å². The molecule has 0 unspecified atom stereocenters. The Morgan fingerprint density at radius 3 is 2.37 bits per heavy atom. The zero-order chi connectivity index (χ0) is 19.6. The topological polar surface area (TPSA) is 46.5 Å². The van der Waals surface area contributed by atoms with E-state index < -0.39 is 0 Å². The minimum Gasteiger partial charge on any atom is -0.462 e. The second kappa shape index (κ2) is 10.7. The Kier molecular flexibility index (Phi) is 8.28. The summed E-state index contributed by atoms with van der Waals surface area (Å²) in [6, 6.07) is 15.1. The van der Waals surface area contributed by atoms with Crippen LogP contribution in [0.1, 0.15) is 43.4 Å². The molecule has 0 amide bonds. The quantitative estimate of drug-likeness (QED) is 0.481. The summed E-state index contributed by atoms with van der Waals surface area (Å²) >= 11 is 0. The van der Waals surface area contributed by atoms with Crippen LogP contribution in [0.15, 0.2) is 54.6 Å². The van der Waals surface area contributed by atoms with Gasteiger partial charge in [0.2, 0.25) is 0 Å². The molecule has 0 fully saturated rings. The molecule has 0 bridgehead atoms. The Bertz CT molecular complexity index is 760. The first-order chi connectivity index (χ1) is 13.0. The molecule has 3 nitrogen and oxygen atoms in total. The number of aliphatic hydroxyl groups is 1. The van der Waals surface area contributed by atoms with Gasteiger partial charge in [-0.2, -0.15) is 0 Å². The summed E-state index contributed by atoms with van der Waals surface area (Å²) in [7, 11) is 0. The third-order valence-corrected chi connectivity index (χ3v) is 4.55. The first-order valence-corrected chi connectivity index (χ1v) is 9.69. The van der Waals surface area contributed by atoms with E-state index in [1.54, 1.807) is 6.92 Å². The molecule has 0 aliphatic rings. The van der Waals surface area contributed by atoms with Gasteiger partial charge >= 0.3 is 5.97 Å². The van der Waals surface area contributed by atoms with Gasteiger partial charge in [-0.05, 0) is 54.0 Å². The van der Waals surface area contributed by atoms with Crippen LogP contribution in [0.4, 0.5) is 0 Å². The summed E-state index contributed by atoms with van der Waals surface area (Å²) in [6.07, 6.45) is 4.49. The van der Waals surface area contributed by atoms with Crippen molar-refractivity contribution < 1.29 is 14.6 Å². The Hall–Kier alpha value is -2.39. The Morgan fingerprint density at radius 1 is 1.04 bits per heavy atom. The molecule has 27 heavy (non-hydrogen) atoms. The number of carbonyl (C=O) groups is 1. The van der Waals surface area contributed by atoms with Crippen molar-refractivity contribution >= 4 is 5.97 Å². The molecule has 0 spiro atoms. The minimum absolute atomic E-state index is 0.216. The predicted octanol–water partition coefficient (Wildman–Crippen LogP) is 4.89. The summed E-state index contributed by atoms with van der Waals surface area (Å²) < 4.78 is 5.30. The number of benzene rings is 2. The SMILES string of the molecule is C=C(C)C(=O)OCCc1cc(CCC)ccc1-c1ccc(CCCO)cc1. The molecule has 144 valence electrons. The molecule has 2 rings (SSSR count). The van der Waals surface area contributed by atoms with Crippen molar-refractivity contribution in [1.29, 1.82) is 0 Å². The van der Waals surface area contributed by atoms with E-state index in [9.17, 15) is 4.79 Å². The number of aryl methyl sites for hydroxylation is 2. The Morgan fingerprint density at radius 2 is 1.74 bits per heavy atom. The lowest BCUT2D eigenvalue weighted by Gasteiger charge is -2.13. The summed E-state index contributed by atoms with van der Waals surface area (Å²) in [6.45, 7) is 8.02. The van der Waals surface area contributed by atoms with Crippen molar-refractivity contribution in [3.05, 3.63) is 71.3 Å². The van der Waals surface area contributed by atoms with Gasteiger partial charge in [-0.3, -0.25) is 0 Å². The third-order valence-electron chi connectivity index (χ3n) is 4.55. The molecule has 1 N–H and O–H groups in total. The zero-order valence-electron chi connectivity index (χ0n) is 16.5. The van der Waals surface area contributed by atoms with Crippen molar-refractivity contribution in [3.8, 4) is 11.1 Å². The highest BCUT2D eigenvalue weighted by molar-refractivity contribution is 5.86. The molecule has 0 atom stereocenters. The molecule has 2 aromatic carbocycles. The van der Waals surface area contributed by atoms with Gasteiger partial charge in [-0.25, -0.2) is 4.79 Å². The average Bonchev–Trinajstić information content (AvgIpc) is 2.67. The largest absolute Gasteiger partial charge is 0.462 e. The molecule has 0 aromatic heterocycles. The predicted molar refractivity (Wildman–Crippen MR) is 111 cm³/mol. The molecule has 0 aliphatic heterocycles. The fraction of sp³-hybridized carbons (Fsp3) is 0.375. The number of rotatable bonds is 10. The molecule has 0 heterocycles. The van der Waals surface area contributed by atoms with E-state index in [-0.39, 0.29) is 12.6 Å². The number of aliphatic hydroxyl groups excluding tert-OH is 1. The second-order valence-corrected chi connectivity index (χ2v) is 6.93. The van der Waals surface area contributed by atoms with Crippen molar-refractivity contribution in [1.82, 2.24) is 0 Å². The summed E-state index contributed by atoms with van der Waals surface area (Å²) in [5.41, 5.74) is 6.49. The van der Waals surface area contributed by atoms with E-state index in [0.717, 1.165) is 31.2 Å². The third kappa shape index (κ3) is 6.37. The van der Waals surface area contributed by atoms with Gasteiger partial charge in [0.25, 0.3) is 0 Å². The van der Waals surface area contributed by atoms with Crippen molar-refractivity contribution in [2.75, 3.05) is 13.2 Å². The van der Waals surface area contributed by atoms with Gasteiger partial charge in [-0.1, -0.05) is 62.4 Å². The fourth-order valence-electron chi connectivity index (χ4n) is 3.09. The Labute approximate surface area is 162 Å². The number of ether oxygens (including phenoxy) is 1. The average molecular weight is 367 g/mol. The maximum absolute atomic E-state index is 11.6. The van der Waals surface area contributed by atoms with Crippen LogP contribution in [0.3, 0.4) is 0 Å². The van der Waals surface area contributed by atoms with E-state index in [1.807, 2.05) is 0 Å². The van der Waals surface area contributed by atoms with Gasteiger partial charge in [-0.15, -0.1) is 0 Å². The number of hydrogen-bond donors (Lipinski definition) is 1. The second-order valence-electron chi connectivity index (χ2n) is 6.93. The van der Waals surface area contributed by atoms with E-state index in [0.29, 0.717) is 18.6 Å². The van der Waals surface area contributed by atoms with Gasteiger partial charge in [0.05, 0.1) is 6.61 Å². The normalized spacial score (nSPS) is 10.6. The molecule has 0 radical (unpaired) electrons. The highest BCUT2D eigenvalue weighted by Crippen LogP contribution is 2.26. The maximum atomic E-state index is 11.6. The van der Waals surface area contributed by atoms with Gasteiger partial charge < -0.3 is 9.84 Å². The van der Waals surface area contributed by atoms with Crippen LogP contribution in [-0.4, -0.2) is 24.3 Å².